The van der Waals surface area contributed by atoms with Gasteiger partial charge in [-0.1, -0.05) is 56.0 Å². The Balaban J connectivity index is 1.50. The number of hydrogen-bond donors (Lipinski definition) is 1. The standard InChI is InChI=1S/C17H26N2/c1-2-8-16(9-3-1)17-14-19(13-11-18-17)12-10-15-6-4-5-7-15/h1-3,8-9,15,17-18H,4-7,10-14H2. The van der Waals surface area contributed by atoms with Gasteiger partial charge in [0, 0.05) is 25.7 Å². The van der Waals surface area contributed by atoms with E-state index in [2.05, 4.69) is 40.5 Å². The predicted molar refractivity (Wildman–Crippen MR) is 80.2 cm³/mol. The Morgan fingerprint density at radius 2 is 1.89 bits per heavy atom. The molecule has 1 saturated heterocycles. The zero-order valence-corrected chi connectivity index (χ0v) is 11.9. The van der Waals surface area contributed by atoms with Crippen LogP contribution in [-0.4, -0.2) is 31.1 Å². The number of hydrogen-bond acceptors (Lipinski definition) is 2. The van der Waals surface area contributed by atoms with Crippen LogP contribution in [0.1, 0.15) is 43.7 Å². The van der Waals surface area contributed by atoms with E-state index in [1.807, 2.05) is 0 Å². The molecule has 1 atom stereocenters. The van der Waals surface area contributed by atoms with Gasteiger partial charge in [-0.25, -0.2) is 0 Å². The summed E-state index contributed by atoms with van der Waals surface area (Å²) in [5.41, 5.74) is 1.44. The Morgan fingerprint density at radius 1 is 1.11 bits per heavy atom. The molecule has 2 aliphatic rings. The van der Waals surface area contributed by atoms with Gasteiger partial charge < -0.3 is 10.2 Å². The fourth-order valence-corrected chi connectivity index (χ4v) is 3.59. The van der Waals surface area contributed by atoms with E-state index in [1.165, 1.54) is 57.3 Å². The van der Waals surface area contributed by atoms with Crippen LogP contribution in [0, 0.1) is 5.92 Å². The molecule has 2 nitrogen and oxygen atoms in total. The van der Waals surface area contributed by atoms with Gasteiger partial charge in [0.2, 0.25) is 0 Å². The Bertz CT molecular complexity index is 370. The van der Waals surface area contributed by atoms with E-state index in [4.69, 9.17) is 0 Å². The summed E-state index contributed by atoms with van der Waals surface area (Å²) in [5.74, 6) is 1.02. The number of piperazine rings is 1. The highest BCUT2D eigenvalue weighted by Crippen LogP contribution is 2.28. The van der Waals surface area contributed by atoms with Crippen LogP contribution in [0.2, 0.25) is 0 Å². The molecule has 0 radical (unpaired) electrons. The molecule has 0 amide bonds. The summed E-state index contributed by atoms with van der Waals surface area (Å²) < 4.78 is 0. The number of nitrogens with zero attached hydrogens (tertiary/aromatic N) is 1. The first-order chi connectivity index (χ1) is 9.42. The van der Waals surface area contributed by atoms with Crippen molar-refractivity contribution in [2.24, 2.45) is 5.92 Å². The topological polar surface area (TPSA) is 15.3 Å². The van der Waals surface area contributed by atoms with Crippen LogP contribution >= 0.6 is 0 Å². The Labute approximate surface area is 117 Å². The third-order valence-corrected chi connectivity index (χ3v) is 4.79. The highest BCUT2D eigenvalue weighted by Gasteiger charge is 2.22. The average molecular weight is 258 g/mol. The summed E-state index contributed by atoms with van der Waals surface area (Å²) in [4.78, 5) is 2.66. The molecule has 1 unspecified atom stereocenters. The monoisotopic (exact) mass is 258 g/mol. The fourth-order valence-electron chi connectivity index (χ4n) is 3.59. The van der Waals surface area contributed by atoms with Gasteiger partial charge in [0.15, 0.2) is 0 Å². The minimum atomic E-state index is 0.526. The zero-order chi connectivity index (χ0) is 12.9. The highest BCUT2D eigenvalue weighted by molar-refractivity contribution is 5.19. The third kappa shape index (κ3) is 3.58. The van der Waals surface area contributed by atoms with Crippen LogP contribution in [-0.2, 0) is 0 Å². The van der Waals surface area contributed by atoms with Crippen LogP contribution in [0.5, 0.6) is 0 Å². The Morgan fingerprint density at radius 3 is 2.68 bits per heavy atom. The van der Waals surface area contributed by atoms with Gasteiger partial charge in [-0.05, 0) is 24.4 Å². The largest absolute Gasteiger partial charge is 0.308 e. The van der Waals surface area contributed by atoms with Gasteiger partial charge in [0.1, 0.15) is 0 Å². The Kier molecular flexibility index (Phi) is 4.52. The molecule has 0 spiro atoms. The van der Waals surface area contributed by atoms with Gasteiger partial charge in [-0.15, -0.1) is 0 Å². The SMILES string of the molecule is c1ccc(C2CN(CCC3CCCC3)CCN2)cc1. The van der Waals surface area contributed by atoms with E-state index in [0.29, 0.717) is 6.04 Å². The lowest BCUT2D eigenvalue weighted by Crippen LogP contribution is -2.46. The van der Waals surface area contributed by atoms with Crippen molar-refractivity contribution in [3.8, 4) is 0 Å². The average Bonchev–Trinajstić information content (AvgIpc) is 3.00. The first-order valence-corrected chi connectivity index (χ1v) is 7.92. The maximum atomic E-state index is 3.65. The molecule has 104 valence electrons. The quantitative estimate of drug-likeness (QED) is 0.892. The predicted octanol–water partition coefficient (Wildman–Crippen LogP) is 3.21. The molecule has 0 aromatic heterocycles. The minimum Gasteiger partial charge on any atom is -0.308 e. The summed E-state index contributed by atoms with van der Waals surface area (Å²) in [6, 6.07) is 11.4. The van der Waals surface area contributed by atoms with E-state index < -0.39 is 0 Å². The van der Waals surface area contributed by atoms with Crippen molar-refractivity contribution >= 4 is 0 Å². The third-order valence-electron chi connectivity index (χ3n) is 4.79. The molecule has 2 fully saturated rings. The molecule has 1 N–H and O–H groups in total. The summed E-state index contributed by atoms with van der Waals surface area (Å²) in [7, 11) is 0. The van der Waals surface area contributed by atoms with Gasteiger partial charge in [0.25, 0.3) is 0 Å². The highest BCUT2D eigenvalue weighted by atomic mass is 15.2. The van der Waals surface area contributed by atoms with Crippen molar-refractivity contribution in [3.63, 3.8) is 0 Å². The smallest absolute Gasteiger partial charge is 0.0449 e. The van der Waals surface area contributed by atoms with Crippen LogP contribution in [0.3, 0.4) is 0 Å². The molecule has 1 aliphatic carbocycles. The molecule has 0 bridgehead atoms. The lowest BCUT2D eigenvalue weighted by molar-refractivity contribution is 0.188. The summed E-state index contributed by atoms with van der Waals surface area (Å²) >= 11 is 0. The number of rotatable bonds is 4. The van der Waals surface area contributed by atoms with E-state index >= 15 is 0 Å². The molecule has 1 heterocycles. The summed E-state index contributed by atoms with van der Waals surface area (Å²) in [5, 5.41) is 3.65. The van der Waals surface area contributed by atoms with E-state index in [0.717, 1.165) is 12.5 Å². The second-order valence-corrected chi connectivity index (χ2v) is 6.16. The minimum absolute atomic E-state index is 0.526. The van der Waals surface area contributed by atoms with Crippen LogP contribution in [0.4, 0.5) is 0 Å². The van der Waals surface area contributed by atoms with Crippen LogP contribution in [0.15, 0.2) is 30.3 Å². The lowest BCUT2D eigenvalue weighted by atomic mass is 10.0. The van der Waals surface area contributed by atoms with Gasteiger partial charge in [-0.2, -0.15) is 0 Å². The maximum Gasteiger partial charge on any atom is 0.0449 e. The first-order valence-electron chi connectivity index (χ1n) is 7.92. The van der Waals surface area contributed by atoms with Crippen molar-refractivity contribution in [2.75, 3.05) is 26.2 Å². The van der Waals surface area contributed by atoms with Crippen molar-refractivity contribution in [1.29, 1.82) is 0 Å². The molecule has 1 aromatic rings. The van der Waals surface area contributed by atoms with E-state index in [1.54, 1.807) is 0 Å². The molecule has 1 saturated carbocycles. The first kappa shape index (κ1) is 13.1. The zero-order valence-electron chi connectivity index (χ0n) is 11.9. The van der Waals surface area contributed by atoms with E-state index in [-0.39, 0.29) is 0 Å². The second kappa shape index (κ2) is 6.53. The number of nitrogens with one attached hydrogen (secondary N) is 1. The van der Waals surface area contributed by atoms with Gasteiger partial charge in [-0.3, -0.25) is 0 Å². The molecule has 3 rings (SSSR count). The van der Waals surface area contributed by atoms with Crippen molar-refractivity contribution in [2.45, 2.75) is 38.1 Å². The molecule has 2 heteroatoms. The lowest BCUT2D eigenvalue weighted by Gasteiger charge is -2.34. The Hall–Kier alpha value is -0.860. The fraction of sp³-hybridized carbons (Fsp3) is 0.647. The van der Waals surface area contributed by atoms with Crippen molar-refractivity contribution in [3.05, 3.63) is 35.9 Å². The molecule has 1 aromatic carbocycles. The van der Waals surface area contributed by atoms with Crippen molar-refractivity contribution in [1.82, 2.24) is 10.2 Å². The van der Waals surface area contributed by atoms with Gasteiger partial charge >= 0.3 is 0 Å². The van der Waals surface area contributed by atoms with Crippen LogP contribution < -0.4 is 5.32 Å². The molecule has 1 aliphatic heterocycles. The number of benzene rings is 1. The summed E-state index contributed by atoms with van der Waals surface area (Å²) in [6.07, 6.45) is 7.32. The molecular formula is C17H26N2. The van der Waals surface area contributed by atoms with Crippen molar-refractivity contribution < 1.29 is 0 Å². The maximum absolute atomic E-state index is 3.65. The normalized spacial score (nSPS) is 25.8. The van der Waals surface area contributed by atoms with E-state index in [9.17, 15) is 0 Å². The summed E-state index contributed by atoms with van der Waals surface area (Å²) in [6.45, 7) is 4.83. The second-order valence-electron chi connectivity index (χ2n) is 6.16. The van der Waals surface area contributed by atoms with Gasteiger partial charge in [0.05, 0.1) is 0 Å². The molecule has 19 heavy (non-hydrogen) atoms. The molecular weight excluding hydrogens is 232 g/mol. The van der Waals surface area contributed by atoms with Crippen LogP contribution in [0.25, 0.3) is 0 Å².